The molecule has 0 atom stereocenters. The lowest BCUT2D eigenvalue weighted by atomic mass is 9.68. The van der Waals surface area contributed by atoms with Crippen LogP contribution in [0.4, 0.5) is 0 Å². The van der Waals surface area contributed by atoms with E-state index in [9.17, 15) is 4.79 Å². The summed E-state index contributed by atoms with van der Waals surface area (Å²) in [7, 11) is 0. The number of rotatable bonds is 2. The summed E-state index contributed by atoms with van der Waals surface area (Å²) in [6.45, 7) is 0. The Kier molecular flexibility index (Phi) is 3.02. The van der Waals surface area contributed by atoms with Gasteiger partial charge in [0.1, 0.15) is 0 Å². The van der Waals surface area contributed by atoms with Crippen LogP contribution in [0.5, 0.6) is 0 Å². The van der Waals surface area contributed by atoms with Gasteiger partial charge in [-0.2, -0.15) is 0 Å². The van der Waals surface area contributed by atoms with Gasteiger partial charge in [-0.25, -0.2) is 0 Å². The van der Waals surface area contributed by atoms with Crippen molar-refractivity contribution in [2.24, 2.45) is 5.73 Å². The molecule has 0 bridgehead atoms. The first-order valence-electron chi connectivity index (χ1n) is 7.02. The molecule has 1 aliphatic carbocycles. The maximum absolute atomic E-state index is 12.1. The SMILES string of the molecule is NC(=O)C1(c2cccc3ccccc23)CCCCC1. The second kappa shape index (κ2) is 4.69. The minimum absolute atomic E-state index is 0.163. The van der Waals surface area contributed by atoms with E-state index in [1.165, 1.54) is 17.2 Å². The van der Waals surface area contributed by atoms with E-state index in [2.05, 4.69) is 24.3 Å². The van der Waals surface area contributed by atoms with Crippen LogP contribution in [0.1, 0.15) is 37.7 Å². The van der Waals surface area contributed by atoms with Gasteiger partial charge in [-0.05, 0) is 29.2 Å². The number of nitrogens with two attached hydrogens (primary N) is 1. The zero-order valence-electron chi connectivity index (χ0n) is 11.1. The van der Waals surface area contributed by atoms with Crippen molar-refractivity contribution in [3.05, 3.63) is 48.0 Å². The molecule has 2 aromatic rings. The van der Waals surface area contributed by atoms with Crippen molar-refractivity contribution in [2.75, 3.05) is 0 Å². The molecule has 2 heteroatoms. The summed E-state index contributed by atoms with van der Waals surface area (Å²) in [5.74, 6) is -0.163. The van der Waals surface area contributed by atoms with Gasteiger partial charge in [0.2, 0.25) is 5.91 Å². The van der Waals surface area contributed by atoms with Gasteiger partial charge in [0, 0.05) is 0 Å². The van der Waals surface area contributed by atoms with E-state index >= 15 is 0 Å². The largest absolute Gasteiger partial charge is 0.369 e. The molecule has 0 aromatic heterocycles. The van der Waals surface area contributed by atoms with Gasteiger partial charge in [0.15, 0.2) is 0 Å². The fourth-order valence-corrected chi connectivity index (χ4v) is 3.45. The molecule has 0 aliphatic heterocycles. The molecular weight excluding hydrogens is 234 g/mol. The topological polar surface area (TPSA) is 43.1 Å². The molecule has 98 valence electrons. The van der Waals surface area contributed by atoms with E-state index in [4.69, 9.17) is 5.73 Å². The first-order valence-corrected chi connectivity index (χ1v) is 7.02. The van der Waals surface area contributed by atoms with Crippen molar-refractivity contribution >= 4 is 16.7 Å². The Morgan fingerprint density at radius 1 is 0.947 bits per heavy atom. The summed E-state index contributed by atoms with van der Waals surface area (Å²) in [5, 5.41) is 2.36. The fraction of sp³-hybridized carbons (Fsp3) is 0.353. The van der Waals surface area contributed by atoms with Gasteiger partial charge in [-0.15, -0.1) is 0 Å². The van der Waals surface area contributed by atoms with Crippen LogP contribution >= 0.6 is 0 Å². The molecule has 0 unspecified atom stereocenters. The molecule has 19 heavy (non-hydrogen) atoms. The average molecular weight is 253 g/mol. The number of fused-ring (bicyclic) bond motifs is 1. The monoisotopic (exact) mass is 253 g/mol. The zero-order valence-corrected chi connectivity index (χ0v) is 11.1. The molecule has 3 rings (SSSR count). The van der Waals surface area contributed by atoms with Crippen molar-refractivity contribution in [1.82, 2.24) is 0 Å². The van der Waals surface area contributed by atoms with Crippen molar-refractivity contribution in [1.29, 1.82) is 0 Å². The predicted molar refractivity (Wildman–Crippen MR) is 77.9 cm³/mol. The third-order valence-electron chi connectivity index (χ3n) is 4.48. The van der Waals surface area contributed by atoms with E-state index in [1.54, 1.807) is 0 Å². The molecule has 2 aromatic carbocycles. The van der Waals surface area contributed by atoms with Crippen molar-refractivity contribution in [2.45, 2.75) is 37.5 Å². The molecule has 1 fully saturated rings. The Morgan fingerprint density at radius 2 is 1.63 bits per heavy atom. The number of hydrogen-bond acceptors (Lipinski definition) is 1. The Bertz CT molecular complexity index is 606. The highest BCUT2D eigenvalue weighted by Gasteiger charge is 2.40. The highest BCUT2D eigenvalue weighted by molar-refractivity contribution is 5.95. The van der Waals surface area contributed by atoms with E-state index in [0.29, 0.717) is 0 Å². The Morgan fingerprint density at radius 3 is 2.37 bits per heavy atom. The number of carbonyl (C=O) groups excluding carboxylic acids is 1. The molecular formula is C17H19NO. The van der Waals surface area contributed by atoms with Crippen molar-refractivity contribution < 1.29 is 4.79 Å². The molecule has 0 spiro atoms. The third-order valence-corrected chi connectivity index (χ3v) is 4.48. The van der Waals surface area contributed by atoms with Crippen molar-refractivity contribution in [3.63, 3.8) is 0 Å². The van der Waals surface area contributed by atoms with Gasteiger partial charge in [0.25, 0.3) is 0 Å². The Labute approximate surface area is 113 Å². The first kappa shape index (κ1) is 12.2. The lowest BCUT2D eigenvalue weighted by molar-refractivity contribution is -0.124. The van der Waals surface area contributed by atoms with Gasteiger partial charge in [-0.3, -0.25) is 4.79 Å². The van der Waals surface area contributed by atoms with Crippen molar-refractivity contribution in [3.8, 4) is 0 Å². The molecule has 0 radical (unpaired) electrons. The number of amides is 1. The highest BCUT2D eigenvalue weighted by atomic mass is 16.1. The third kappa shape index (κ3) is 1.92. The first-order chi connectivity index (χ1) is 9.24. The Balaban J connectivity index is 2.23. The molecule has 1 saturated carbocycles. The summed E-state index contributed by atoms with van der Waals surface area (Å²) >= 11 is 0. The number of hydrogen-bond donors (Lipinski definition) is 1. The normalized spacial score (nSPS) is 18.3. The number of carbonyl (C=O) groups is 1. The second-order valence-corrected chi connectivity index (χ2v) is 5.53. The average Bonchev–Trinajstić information content (AvgIpc) is 2.47. The molecule has 0 saturated heterocycles. The number of benzene rings is 2. The minimum atomic E-state index is -0.459. The predicted octanol–water partition coefficient (Wildman–Crippen LogP) is 3.53. The lowest BCUT2D eigenvalue weighted by Gasteiger charge is -2.35. The quantitative estimate of drug-likeness (QED) is 0.874. The highest BCUT2D eigenvalue weighted by Crippen LogP contribution is 2.42. The summed E-state index contributed by atoms with van der Waals surface area (Å²) < 4.78 is 0. The van der Waals surface area contributed by atoms with Crippen LogP contribution in [-0.4, -0.2) is 5.91 Å². The summed E-state index contributed by atoms with van der Waals surface area (Å²) in [4.78, 5) is 12.1. The van der Waals surface area contributed by atoms with Crippen LogP contribution in [0.3, 0.4) is 0 Å². The van der Waals surface area contributed by atoms with Crippen LogP contribution in [0.15, 0.2) is 42.5 Å². The van der Waals surface area contributed by atoms with E-state index in [0.717, 1.165) is 31.2 Å². The standard InChI is InChI=1S/C17H19NO/c18-16(19)17(11-4-1-5-12-17)15-10-6-8-13-7-2-3-9-14(13)15/h2-3,6-10H,1,4-5,11-12H2,(H2,18,19). The maximum atomic E-state index is 12.1. The maximum Gasteiger partial charge on any atom is 0.228 e. The van der Waals surface area contributed by atoms with E-state index in [1.807, 2.05) is 18.2 Å². The van der Waals surface area contributed by atoms with Crippen LogP contribution in [0.2, 0.25) is 0 Å². The zero-order chi connectivity index (χ0) is 13.3. The second-order valence-electron chi connectivity index (χ2n) is 5.53. The molecule has 1 aliphatic rings. The molecule has 1 amide bonds. The van der Waals surface area contributed by atoms with Gasteiger partial charge >= 0.3 is 0 Å². The Hall–Kier alpha value is -1.83. The minimum Gasteiger partial charge on any atom is -0.369 e. The summed E-state index contributed by atoms with van der Waals surface area (Å²) in [5.41, 5.74) is 6.45. The van der Waals surface area contributed by atoms with Gasteiger partial charge in [0.05, 0.1) is 5.41 Å². The molecule has 0 heterocycles. The van der Waals surface area contributed by atoms with Gasteiger partial charge in [-0.1, -0.05) is 61.7 Å². The van der Waals surface area contributed by atoms with Crippen LogP contribution in [-0.2, 0) is 10.2 Å². The molecule has 2 nitrogen and oxygen atoms in total. The van der Waals surface area contributed by atoms with Gasteiger partial charge < -0.3 is 5.73 Å². The lowest BCUT2D eigenvalue weighted by Crippen LogP contribution is -2.42. The van der Waals surface area contributed by atoms with E-state index in [-0.39, 0.29) is 5.91 Å². The fourth-order valence-electron chi connectivity index (χ4n) is 3.45. The number of primary amides is 1. The molecule has 2 N–H and O–H groups in total. The van der Waals surface area contributed by atoms with E-state index < -0.39 is 5.41 Å². The van der Waals surface area contributed by atoms with Crippen LogP contribution in [0, 0.1) is 0 Å². The summed E-state index contributed by atoms with van der Waals surface area (Å²) in [6.07, 6.45) is 5.16. The van der Waals surface area contributed by atoms with Crippen LogP contribution < -0.4 is 5.73 Å². The summed E-state index contributed by atoms with van der Waals surface area (Å²) in [6, 6.07) is 14.5. The smallest absolute Gasteiger partial charge is 0.228 e. The van der Waals surface area contributed by atoms with Crippen LogP contribution in [0.25, 0.3) is 10.8 Å².